The van der Waals surface area contributed by atoms with E-state index in [0.29, 0.717) is 35.5 Å². The summed E-state index contributed by atoms with van der Waals surface area (Å²) in [6.45, 7) is 0.339. The minimum absolute atomic E-state index is 0.325. The first kappa shape index (κ1) is 15.9. The van der Waals surface area contributed by atoms with E-state index in [-0.39, 0.29) is 11.6 Å². The number of imidazole rings is 1. The van der Waals surface area contributed by atoms with Gasteiger partial charge in [0.15, 0.2) is 5.82 Å². The quantitative estimate of drug-likeness (QED) is 0.772. The van der Waals surface area contributed by atoms with Crippen molar-refractivity contribution >= 4 is 22.8 Å². The maximum atomic E-state index is 13.7. The molecule has 0 aliphatic heterocycles. The molecule has 7 heteroatoms. The second kappa shape index (κ2) is 6.66. The van der Waals surface area contributed by atoms with Crippen molar-refractivity contribution in [1.29, 1.82) is 0 Å². The van der Waals surface area contributed by atoms with Crippen LogP contribution in [-0.2, 0) is 13.5 Å². The molecule has 0 aliphatic rings. The molecule has 24 heavy (non-hydrogen) atoms. The fraction of sp³-hybridized carbons (Fsp3) is 0.176. The van der Waals surface area contributed by atoms with E-state index in [1.165, 1.54) is 30.3 Å². The molecule has 124 valence electrons. The van der Waals surface area contributed by atoms with Crippen LogP contribution in [0.4, 0.5) is 19.3 Å². The molecule has 0 atom stereocenters. The highest BCUT2D eigenvalue weighted by Gasteiger charge is 2.11. The van der Waals surface area contributed by atoms with Crippen LogP contribution in [0.1, 0.15) is 5.82 Å². The molecule has 0 saturated heterocycles. The lowest BCUT2D eigenvalue weighted by Gasteiger charge is -2.07. The molecule has 5 nitrogen and oxygen atoms in total. The summed E-state index contributed by atoms with van der Waals surface area (Å²) in [5.74, 6) is -0.0522. The first-order chi connectivity index (χ1) is 11.5. The number of nitrogens with zero attached hydrogens (tertiary/aromatic N) is 2. The number of benzene rings is 2. The van der Waals surface area contributed by atoms with Gasteiger partial charge in [-0.25, -0.2) is 18.6 Å². The van der Waals surface area contributed by atoms with Crippen LogP contribution in [0.3, 0.4) is 0 Å². The second-order valence-corrected chi connectivity index (χ2v) is 5.33. The van der Waals surface area contributed by atoms with Crippen molar-refractivity contribution in [3.8, 4) is 0 Å². The number of para-hydroxylation sites is 1. The number of urea groups is 1. The lowest BCUT2D eigenvalue weighted by Crippen LogP contribution is -2.30. The van der Waals surface area contributed by atoms with Crippen LogP contribution in [0.25, 0.3) is 11.0 Å². The van der Waals surface area contributed by atoms with Crippen molar-refractivity contribution < 1.29 is 13.6 Å². The minimum atomic E-state index is -0.397. The molecule has 1 aromatic heterocycles. The zero-order valence-corrected chi connectivity index (χ0v) is 13.0. The van der Waals surface area contributed by atoms with Crippen LogP contribution in [0.15, 0.2) is 42.5 Å². The Morgan fingerprint density at radius 3 is 2.62 bits per heavy atom. The van der Waals surface area contributed by atoms with Gasteiger partial charge in [-0.3, -0.25) is 0 Å². The topological polar surface area (TPSA) is 59.0 Å². The Morgan fingerprint density at radius 1 is 1.17 bits per heavy atom. The number of aryl methyl sites for hydroxylation is 1. The van der Waals surface area contributed by atoms with E-state index < -0.39 is 6.03 Å². The molecular weight excluding hydrogens is 314 g/mol. The normalized spacial score (nSPS) is 10.8. The van der Waals surface area contributed by atoms with Crippen molar-refractivity contribution in [2.45, 2.75) is 6.42 Å². The lowest BCUT2D eigenvalue weighted by atomic mass is 10.3. The SMILES string of the molecule is Cn1c(CCNC(=O)Nc2ccc(F)cc2)nc2c(F)cccc21. The van der Waals surface area contributed by atoms with E-state index in [9.17, 15) is 13.6 Å². The van der Waals surface area contributed by atoms with Gasteiger partial charge in [-0.1, -0.05) is 6.07 Å². The predicted octanol–water partition coefficient (Wildman–Crippen LogP) is 3.22. The molecule has 3 aromatic rings. The van der Waals surface area contributed by atoms with Crippen molar-refractivity contribution in [2.24, 2.45) is 7.05 Å². The van der Waals surface area contributed by atoms with Gasteiger partial charge in [-0.15, -0.1) is 0 Å². The number of nitrogens with one attached hydrogen (secondary N) is 2. The van der Waals surface area contributed by atoms with Gasteiger partial charge in [-0.2, -0.15) is 0 Å². The molecule has 0 spiro atoms. The number of hydrogen-bond acceptors (Lipinski definition) is 2. The summed E-state index contributed by atoms with van der Waals surface area (Å²) in [7, 11) is 1.81. The number of hydrogen-bond donors (Lipinski definition) is 2. The van der Waals surface area contributed by atoms with Gasteiger partial charge in [0.25, 0.3) is 0 Å². The molecule has 0 aliphatic carbocycles. The van der Waals surface area contributed by atoms with Gasteiger partial charge in [0.05, 0.1) is 5.52 Å². The number of anilines is 1. The van der Waals surface area contributed by atoms with Gasteiger partial charge in [0.1, 0.15) is 17.2 Å². The molecule has 2 aromatic carbocycles. The molecule has 1 heterocycles. The van der Waals surface area contributed by atoms with E-state index in [1.54, 1.807) is 16.7 Å². The van der Waals surface area contributed by atoms with Gasteiger partial charge < -0.3 is 15.2 Å². The number of fused-ring (bicyclic) bond motifs is 1. The van der Waals surface area contributed by atoms with Gasteiger partial charge in [-0.05, 0) is 36.4 Å². The molecule has 0 unspecified atom stereocenters. The maximum absolute atomic E-state index is 13.7. The zero-order valence-electron chi connectivity index (χ0n) is 13.0. The number of rotatable bonds is 4. The molecule has 0 saturated carbocycles. The molecule has 0 fully saturated rings. The largest absolute Gasteiger partial charge is 0.337 e. The van der Waals surface area contributed by atoms with Crippen molar-refractivity contribution in [2.75, 3.05) is 11.9 Å². The Bertz CT molecular complexity index is 874. The molecule has 0 bridgehead atoms. The molecule has 2 N–H and O–H groups in total. The van der Waals surface area contributed by atoms with Gasteiger partial charge in [0, 0.05) is 25.7 Å². The number of amides is 2. The van der Waals surface area contributed by atoms with Crippen LogP contribution in [-0.4, -0.2) is 22.1 Å². The first-order valence-corrected chi connectivity index (χ1v) is 7.45. The van der Waals surface area contributed by atoms with Crippen LogP contribution in [0.5, 0.6) is 0 Å². The summed E-state index contributed by atoms with van der Waals surface area (Å²) < 4.78 is 28.3. The summed E-state index contributed by atoms with van der Waals surface area (Å²) >= 11 is 0. The minimum Gasteiger partial charge on any atom is -0.337 e. The Kier molecular flexibility index (Phi) is 4.41. The highest BCUT2D eigenvalue weighted by molar-refractivity contribution is 5.89. The van der Waals surface area contributed by atoms with E-state index >= 15 is 0 Å². The number of aromatic nitrogens is 2. The third kappa shape index (κ3) is 3.34. The van der Waals surface area contributed by atoms with Crippen molar-refractivity contribution in [1.82, 2.24) is 14.9 Å². The Balaban J connectivity index is 1.58. The fourth-order valence-electron chi connectivity index (χ4n) is 2.45. The summed E-state index contributed by atoms with van der Waals surface area (Å²) in [4.78, 5) is 16.1. The summed E-state index contributed by atoms with van der Waals surface area (Å²) in [5, 5.41) is 5.29. The first-order valence-electron chi connectivity index (χ1n) is 7.45. The molecule has 3 rings (SSSR count). The Hall–Kier alpha value is -2.96. The Morgan fingerprint density at radius 2 is 1.92 bits per heavy atom. The number of carbonyl (C=O) groups excluding carboxylic acids is 1. The van der Waals surface area contributed by atoms with Crippen LogP contribution in [0.2, 0.25) is 0 Å². The van der Waals surface area contributed by atoms with E-state index in [1.807, 2.05) is 7.05 Å². The summed E-state index contributed by atoms with van der Waals surface area (Å²) in [5.41, 5.74) is 1.53. The third-order valence-electron chi connectivity index (χ3n) is 3.69. The van der Waals surface area contributed by atoms with Gasteiger partial charge in [0.2, 0.25) is 0 Å². The molecule has 0 radical (unpaired) electrons. The third-order valence-corrected chi connectivity index (χ3v) is 3.69. The van der Waals surface area contributed by atoms with Crippen LogP contribution < -0.4 is 10.6 Å². The highest BCUT2D eigenvalue weighted by Crippen LogP contribution is 2.18. The second-order valence-electron chi connectivity index (χ2n) is 5.33. The number of carbonyl (C=O) groups is 1. The van der Waals surface area contributed by atoms with E-state index in [4.69, 9.17) is 0 Å². The summed E-state index contributed by atoms with van der Waals surface area (Å²) in [6.07, 6.45) is 0.460. The maximum Gasteiger partial charge on any atom is 0.319 e. The molecular formula is C17H16F2N4O. The highest BCUT2D eigenvalue weighted by atomic mass is 19.1. The molecule has 2 amide bonds. The monoisotopic (exact) mass is 330 g/mol. The van der Waals surface area contributed by atoms with E-state index in [2.05, 4.69) is 15.6 Å². The smallest absolute Gasteiger partial charge is 0.319 e. The van der Waals surface area contributed by atoms with Crippen LogP contribution in [0, 0.1) is 11.6 Å². The lowest BCUT2D eigenvalue weighted by molar-refractivity contribution is 0.252. The van der Waals surface area contributed by atoms with Crippen molar-refractivity contribution in [3.05, 3.63) is 59.9 Å². The standard InChI is InChI=1S/C17H16F2N4O/c1-23-14-4-2-3-13(19)16(14)22-15(23)9-10-20-17(24)21-12-7-5-11(18)6-8-12/h2-8H,9-10H2,1H3,(H2,20,21,24). The Labute approximate surface area is 137 Å². The average molecular weight is 330 g/mol. The van der Waals surface area contributed by atoms with Crippen LogP contribution >= 0.6 is 0 Å². The average Bonchev–Trinajstić information content (AvgIpc) is 2.88. The summed E-state index contributed by atoms with van der Waals surface area (Å²) in [6, 6.07) is 9.89. The van der Waals surface area contributed by atoms with E-state index in [0.717, 1.165) is 0 Å². The zero-order chi connectivity index (χ0) is 17.1. The predicted molar refractivity (Wildman–Crippen MR) is 87.8 cm³/mol. The number of halogens is 2. The fourth-order valence-corrected chi connectivity index (χ4v) is 2.45. The van der Waals surface area contributed by atoms with Crippen molar-refractivity contribution in [3.63, 3.8) is 0 Å². The van der Waals surface area contributed by atoms with Gasteiger partial charge >= 0.3 is 6.03 Å².